The van der Waals surface area contributed by atoms with E-state index in [1.807, 2.05) is 0 Å². The first kappa shape index (κ1) is 11.1. The van der Waals surface area contributed by atoms with Crippen molar-refractivity contribution in [3.05, 3.63) is 29.3 Å². The molecule has 0 amide bonds. The molecular weight excluding hydrogens is 210 g/mol. The van der Waals surface area contributed by atoms with Crippen LogP contribution in [0, 0.1) is 5.92 Å². The topological polar surface area (TPSA) is 35.2 Å². The van der Waals surface area contributed by atoms with Crippen LogP contribution in [0.1, 0.15) is 48.6 Å². The Hall–Kier alpha value is -1.02. The molecule has 1 fully saturated rings. The summed E-state index contributed by atoms with van der Waals surface area (Å²) >= 11 is 0. The second-order valence-corrected chi connectivity index (χ2v) is 5.45. The van der Waals surface area contributed by atoms with Gasteiger partial charge in [-0.2, -0.15) is 0 Å². The van der Waals surface area contributed by atoms with Crippen molar-refractivity contribution in [2.45, 2.75) is 37.5 Å². The quantitative estimate of drug-likeness (QED) is 0.868. The third kappa shape index (κ3) is 1.95. The number of rotatable bonds is 3. The van der Waals surface area contributed by atoms with Crippen LogP contribution in [0.2, 0.25) is 0 Å². The molecule has 1 aromatic rings. The number of benzene rings is 1. The molecule has 2 aliphatic rings. The highest BCUT2D eigenvalue weighted by atomic mass is 16.5. The lowest BCUT2D eigenvalue weighted by Gasteiger charge is -2.31. The number of methoxy groups -OCH3 is 1. The Morgan fingerprint density at radius 3 is 2.65 bits per heavy atom. The zero-order valence-electron chi connectivity index (χ0n) is 10.5. The third-order valence-corrected chi connectivity index (χ3v) is 4.43. The van der Waals surface area contributed by atoms with Gasteiger partial charge >= 0.3 is 0 Å². The lowest BCUT2D eigenvalue weighted by molar-refractivity contribution is 0.408. The van der Waals surface area contributed by atoms with Gasteiger partial charge in [0.1, 0.15) is 5.75 Å². The molecule has 0 aromatic heterocycles. The normalized spacial score (nSPS) is 27.6. The van der Waals surface area contributed by atoms with Gasteiger partial charge in [-0.15, -0.1) is 0 Å². The van der Waals surface area contributed by atoms with Gasteiger partial charge in [0.2, 0.25) is 0 Å². The van der Waals surface area contributed by atoms with Crippen molar-refractivity contribution in [3.8, 4) is 5.75 Å². The Kier molecular flexibility index (Phi) is 2.83. The molecule has 1 saturated carbocycles. The highest BCUT2D eigenvalue weighted by Gasteiger charge is 2.37. The highest BCUT2D eigenvalue weighted by molar-refractivity contribution is 5.42. The van der Waals surface area contributed by atoms with Gasteiger partial charge in [0.05, 0.1) is 7.11 Å². The molecule has 1 aromatic carbocycles. The molecule has 0 saturated heterocycles. The second kappa shape index (κ2) is 4.34. The third-order valence-electron chi connectivity index (χ3n) is 4.43. The van der Waals surface area contributed by atoms with Gasteiger partial charge in [0.25, 0.3) is 0 Å². The van der Waals surface area contributed by atoms with Gasteiger partial charge in [-0.3, -0.25) is 0 Å². The summed E-state index contributed by atoms with van der Waals surface area (Å²) in [6.07, 6.45) is 5.41. The average Bonchev–Trinajstić information content (AvgIpc) is 3.21. The van der Waals surface area contributed by atoms with Crippen molar-refractivity contribution in [1.29, 1.82) is 0 Å². The first-order valence-electron chi connectivity index (χ1n) is 6.71. The van der Waals surface area contributed by atoms with Crippen LogP contribution in [0.15, 0.2) is 18.2 Å². The SMILES string of the molecule is COc1ccc2c(c1)C(CN)CCC2C1CC1. The highest BCUT2D eigenvalue weighted by Crippen LogP contribution is 2.51. The maximum atomic E-state index is 5.91. The molecule has 0 bridgehead atoms. The first-order valence-corrected chi connectivity index (χ1v) is 6.71. The minimum atomic E-state index is 0.537. The van der Waals surface area contributed by atoms with Crippen molar-refractivity contribution < 1.29 is 4.74 Å². The average molecular weight is 231 g/mol. The predicted octanol–water partition coefficient (Wildman–Crippen LogP) is 3.02. The van der Waals surface area contributed by atoms with Crippen LogP contribution in [0.3, 0.4) is 0 Å². The minimum absolute atomic E-state index is 0.537. The smallest absolute Gasteiger partial charge is 0.119 e. The standard InChI is InChI=1S/C15H21NO/c1-17-12-5-7-14-13(10-2-3-10)6-4-11(9-16)15(14)8-12/h5,7-8,10-11,13H,2-4,6,9,16H2,1H3. The molecule has 2 aliphatic carbocycles. The summed E-state index contributed by atoms with van der Waals surface area (Å²) in [7, 11) is 1.74. The van der Waals surface area contributed by atoms with Crippen LogP contribution in [-0.4, -0.2) is 13.7 Å². The van der Waals surface area contributed by atoms with Crippen molar-refractivity contribution in [2.24, 2.45) is 11.7 Å². The largest absolute Gasteiger partial charge is 0.497 e. The van der Waals surface area contributed by atoms with Crippen molar-refractivity contribution in [3.63, 3.8) is 0 Å². The van der Waals surface area contributed by atoms with Crippen LogP contribution in [-0.2, 0) is 0 Å². The van der Waals surface area contributed by atoms with E-state index in [1.165, 1.54) is 31.2 Å². The van der Waals surface area contributed by atoms with E-state index < -0.39 is 0 Å². The van der Waals surface area contributed by atoms with Gasteiger partial charge in [-0.1, -0.05) is 6.07 Å². The molecule has 2 unspecified atom stereocenters. The Morgan fingerprint density at radius 2 is 2.00 bits per heavy atom. The number of hydrogen-bond donors (Lipinski definition) is 1. The summed E-state index contributed by atoms with van der Waals surface area (Å²) < 4.78 is 5.34. The summed E-state index contributed by atoms with van der Waals surface area (Å²) in [6.45, 7) is 0.761. The Morgan fingerprint density at radius 1 is 1.18 bits per heavy atom. The summed E-state index contributed by atoms with van der Waals surface area (Å²) in [5.41, 5.74) is 8.91. The fourth-order valence-electron chi connectivity index (χ4n) is 3.30. The molecule has 3 rings (SSSR count). The molecule has 2 atom stereocenters. The van der Waals surface area contributed by atoms with Crippen LogP contribution in [0.4, 0.5) is 0 Å². The van der Waals surface area contributed by atoms with Crippen molar-refractivity contribution in [2.75, 3.05) is 13.7 Å². The lowest BCUT2D eigenvalue weighted by atomic mass is 9.74. The van der Waals surface area contributed by atoms with Gasteiger partial charge in [-0.05, 0) is 73.2 Å². The fraction of sp³-hybridized carbons (Fsp3) is 0.600. The summed E-state index contributed by atoms with van der Waals surface area (Å²) in [6, 6.07) is 6.59. The van der Waals surface area contributed by atoms with E-state index >= 15 is 0 Å². The summed E-state index contributed by atoms with van der Waals surface area (Å²) in [5.74, 6) is 3.24. The molecule has 17 heavy (non-hydrogen) atoms. The molecule has 2 nitrogen and oxygen atoms in total. The van der Waals surface area contributed by atoms with Crippen molar-refractivity contribution in [1.82, 2.24) is 0 Å². The molecular formula is C15H21NO. The first-order chi connectivity index (χ1) is 8.33. The number of nitrogens with two attached hydrogens (primary N) is 1. The number of ether oxygens (including phenoxy) is 1. The molecule has 92 valence electrons. The van der Waals surface area contributed by atoms with Crippen LogP contribution in [0.5, 0.6) is 5.75 Å². The fourth-order valence-corrected chi connectivity index (χ4v) is 3.30. The monoisotopic (exact) mass is 231 g/mol. The molecule has 0 heterocycles. The van der Waals surface area contributed by atoms with Crippen LogP contribution < -0.4 is 10.5 Å². The van der Waals surface area contributed by atoms with E-state index in [-0.39, 0.29) is 0 Å². The maximum Gasteiger partial charge on any atom is 0.119 e. The van der Waals surface area contributed by atoms with Crippen LogP contribution in [0.25, 0.3) is 0 Å². The van der Waals surface area contributed by atoms with E-state index in [4.69, 9.17) is 10.5 Å². The van der Waals surface area contributed by atoms with E-state index in [0.717, 1.165) is 24.1 Å². The Bertz CT molecular complexity index is 411. The van der Waals surface area contributed by atoms with Gasteiger partial charge in [0.15, 0.2) is 0 Å². The van der Waals surface area contributed by atoms with Crippen LogP contribution >= 0.6 is 0 Å². The zero-order valence-corrected chi connectivity index (χ0v) is 10.5. The molecule has 0 spiro atoms. The van der Waals surface area contributed by atoms with Gasteiger partial charge in [0, 0.05) is 0 Å². The maximum absolute atomic E-state index is 5.91. The van der Waals surface area contributed by atoms with Gasteiger partial charge in [-0.25, -0.2) is 0 Å². The molecule has 0 radical (unpaired) electrons. The lowest BCUT2D eigenvalue weighted by Crippen LogP contribution is -2.21. The summed E-state index contributed by atoms with van der Waals surface area (Å²) in [5, 5.41) is 0. The Balaban J connectivity index is 2.00. The van der Waals surface area contributed by atoms with E-state index in [9.17, 15) is 0 Å². The number of hydrogen-bond acceptors (Lipinski definition) is 2. The predicted molar refractivity (Wildman–Crippen MR) is 69.5 cm³/mol. The van der Waals surface area contributed by atoms with Crippen molar-refractivity contribution >= 4 is 0 Å². The molecule has 2 N–H and O–H groups in total. The molecule has 0 aliphatic heterocycles. The molecule has 2 heteroatoms. The van der Waals surface area contributed by atoms with E-state index in [0.29, 0.717) is 5.92 Å². The second-order valence-electron chi connectivity index (χ2n) is 5.45. The van der Waals surface area contributed by atoms with E-state index in [2.05, 4.69) is 18.2 Å². The van der Waals surface area contributed by atoms with Gasteiger partial charge < -0.3 is 10.5 Å². The Labute approximate surface area is 103 Å². The number of fused-ring (bicyclic) bond motifs is 1. The summed E-state index contributed by atoms with van der Waals surface area (Å²) in [4.78, 5) is 0. The zero-order chi connectivity index (χ0) is 11.8. The minimum Gasteiger partial charge on any atom is -0.497 e. The van der Waals surface area contributed by atoms with E-state index in [1.54, 1.807) is 12.7 Å².